The van der Waals surface area contributed by atoms with Crippen LogP contribution in [-0.4, -0.2) is 32.5 Å². The molecule has 7 nitrogen and oxygen atoms in total. The normalized spacial score (nSPS) is 12.6. The topological polar surface area (TPSA) is 118 Å². The minimum absolute atomic E-state index is 0.380. The summed E-state index contributed by atoms with van der Waals surface area (Å²) in [6.07, 6.45) is 0. The molecule has 4 N–H and O–H groups in total. The van der Waals surface area contributed by atoms with E-state index in [9.17, 15) is 32.3 Å². The van der Waals surface area contributed by atoms with Crippen LogP contribution in [-0.2, 0) is 5.92 Å². The van der Waals surface area contributed by atoms with Crippen LogP contribution < -0.4 is 11.3 Å². The smallest absolute Gasteiger partial charge is 0.298 e. The third-order valence-corrected chi connectivity index (χ3v) is 4.94. The number of hydrogen-bond acceptors (Lipinski definition) is 5. The molecule has 3 aromatic rings. The van der Waals surface area contributed by atoms with Gasteiger partial charge >= 0.3 is 0 Å². The molecule has 0 saturated heterocycles. The molecule has 0 aliphatic carbocycles. The van der Waals surface area contributed by atoms with Crippen LogP contribution in [0.15, 0.2) is 47.3 Å². The number of hydrogen-bond donors (Lipinski definition) is 3. The largest absolute Gasteiger partial charge is 0.505 e. The van der Waals surface area contributed by atoms with Gasteiger partial charge in [0, 0.05) is 5.92 Å². The van der Waals surface area contributed by atoms with Crippen molar-refractivity contribution < 1.29 is 32.6 Å². The average molecular weight is 451 g/mol. The number of primary amides is 1. The maximum Gasteiger partial charge on any atom is 0.298 e. The SMILES string of the molecule is CC(c1cccc(C(F)(F)CO)c1F)c1c(O)c(C(N)=O)nn(-c2ccccc2F)c1=O. The molecule has 0 aliphatic heterocycles. The van der Waals surface area contributed by atoms with Crippen molar-refractivity contribution in [3.8, 4) is 11.4 Å². The van der Waals surface area contributed by atoms with Gasteiger partial charge in [-0.2, -0.15) is 18.6 Å². The number of carbonyl (C=O) groups excluding carboxylic acids is 1. The van der Waals surface area contributed by atoms with Crippen LogP contribution >= 0.6 is 0 Å². The highest BCUT2D eigenvalue weighted by atomic mass is 19.3. The number of aliphatic hydroxyl groups excluding tert-OH is 1. The Morgan fingerprint density at radius 3 is 2.44 bits per heavy atom. The summed E-state index contributed by atoms with van der Waals surface area (Å²) in [4.78, 5) is 24.9. The zero-order chi connectivity index (χ0) is 23.8. The Morgan fingerprint density at radius 2 is 1.84 bits per heavy atom. The number of benzene rings is 2. The van der Waals surface area contributed by atoms with Gasteiger partial charge < -0.3 is 15.9 Å². The number of halogens is 4. The minimum atomic E-state index is -3.91. The van der Waals surface area contributed by atoms with Gasteiger partial charge in [-0.1, -0.05) is 31.2 Å². The third kappa shape index (κ3) is 3.82. The van der Waals surface area contributed by atoms with E-state index in [1.165, 1.54) is 25.1 Å². The number of nitrogens with two attached hydrogens (primary N) is 1. The molecule has 0 fully saturated rings. The number of nitrogens with zero attached hydrogens (tertiary/aromatic N) is 2. The lowest BCUT2D eigenvalue weighted by Crippen LogP contribution is -2.31. The van der Waals surface area contributed by atoms with Crippen molar-refractivity contribution in [3.63, 3.8) is 0 Å². The van der Waals surface area contributed by atoms with Crippen molar-refractivity contribution in [2.75, 3.05) is 6.61 Å². The molecule has 11 heteroatoms. The lowest BCUT2D eigenvalue weighted by Gasteiger charge is -2.20. The van der Waals surface area contributed by atoms with E-state index in [0.717, 1.165) is 24.3 Å². The lowest BCUT2D eigenvalue weighted by molar-refractivity contribution is -0.0583. The molecule has 1 atom stereocenters. The van der Waals surface area contributed by atoms with Crippen molar-refractivity contribution in [2.24, 2.45) is 5.73 Å². The first-order valence-electron chi connectivity index (χ1n) is 9.19. The van der Waals surface area contributed by atoms with Gasteiger partial charge in [-0.3, -0.25) is 9.59 Å². The van der Waals surface area contributed by atoms with E-state index in [0.29, 0.717) is 4.68 Å². The van der Waals surface area contributed by atoms with Crippen molar-refractivity contribution in [1.29, 1.82) is 0 Å². The lowest BCUT2D eigenvalue weighted by atomic mass is 9.90. The zero-order valence-corrected chi connectivity index (χ0v) is 16.5. The zero-order valence-electron chi connectivity index (χ0n) is 16.5. The summed E-state index contributed by atoms with van der Waals surface area (Å²) in [5, 5.41) is 23.0. The first kappa shape index (κ1) is 22.9. The van der Waals surface area contributed by atoms with Crippen molar-refractivity contribution in [1.82, 2.24) is 9.78 Å². The van der Waals surface area contributed by atoms with E-state index in [-0.39, 0.29) is 5.69 Å². The van der Waals surface area contributed by atoms with Gasteiger partial charge in [0.1, 0.15) is 23.9 Å². The molecule has 168 valence electrons. The highest BCUT2D eigenvalue weighted by Gasteiger charge is 2.36. The first-order chi connectivity index (χ1) is 15.0. The quantitative estimate of drug-likeness (QED) is 0.498. The first-order valence-corrected chi connectivity index (χ1v) is 9.19. The molecular formula is C21H17F4N3O4. The molecule has 1 amide bonds. The number of aromatic hydroxyl groups is 1. The fourth-order valence-corrected chi connectivity index (χ4v) is 3.29. The Kier molecular flexibility index (Phi) is 6.04. The molecule has 0 saturated carbocycles. The van der Waals surface area contributed by atoms with E-state index in [4.69, 9.17) is 10.8 Å². The number of alkyl halides is 2. The second-order valence-corrected chi connectivity index (χ2v) is 6.94. The predicted octanol–water partition coefficient (Wildman–Crippen LogP) is 2.55. The molecule has 1 unspecified atom stereocenters. The van der Waals surface area contributed by atoms with Gasteiger partial charge in [-0.15, -0.1) is 0 Å². The summed E-state index contributed by atoms with van der Waals surface area (Å²) in [6, 6.07) is 7.84. The van der Waals surface area contributed by atoms with E-state index < -0.39 is 69.7 Å². The second-order valence-electron chi connectivity index (χ2n) is 6.94. The van der Waals surface area contributed by atoms with E-state index >= 15 is 0 Å². The Bertz CT molecular complexity index is 1260. The van der Waals surface area contributed by atoms with E-state index in [1.54, 1.807) is 0 Å². The number of aromatic nitrogens is 2. The molecule has 2 aromatic carbocycles. The summed E-state index contributed by atoms with van der Waals surface area (Å²) in [5.74, 6) is -9.86. The molecule has 0 spiro atoms. The highest BCUT2D eigenvalue weighted by molar-refractivity contribution is 5.93. The van der Waals surface area contributed by atoms with Crippen LogP contribution in [0.3, 0.4) is 0 Å². The van der Waals surface area contributed by atoms with Crippen LogP contribution in [0.5, 0.6) is 5.75 Å². The minimum Gasteiger partial charge on any atom is -0.505 e. The molecular weight excluding hydrogens is 434 g/mol. The molecule has 32 heavy (non-hydrogen) atoms. The van der Waals surface area contributed by atoms with Crippen LogP contribution in [0.2, 0.25) is 0 Å². The average Bonchev–Trinajstić information content (AvgIpc) is 2.74. The van der Waals surface area contributed by atoms with Gasteiger partial charge in [0.2, 0.25) is 0 Å². The third-order valence-electron chi connectivity index (χ3n) is 4.94. The summed E-state index contributed by atoms with van der Waals surface area (Å²) in [6.45, 7) is -0.444. The molecule has 0 radical (unpaired) electrons. The summed E-state index contributed by atoms with van der Waals surface area (Å²) in [7, 11) is 0. The van der Waals surface area contributed by atoms with Crippen LogP contribution in [0.4, 0.5) is 17.6 Å². The van der Waals surface area contributed by atoms with Gasteiger partial charge in [0.15, 0.2) is 11.4 Å². The van der Waals surface area contributed by atoms with Gasteiger partial charge in [0.25, 0.3) is 17.4 Å². The Labute approximate surface area is 178 Å². The van der Waals surface area contributed by atoms with Crippen molar-refractivity contribution in [3.05, 3.63) is 86.8 Å². The molecule has 0 bridgehead atoms. The van der Waals surface area contributed by atoms with E-state index in [2.05, 4.69) is 5.10 Å². The number of aliphatic hydroxyl groups is 1. The second kappa shape index (κ2) is 8.42. The fourth-order valence-electron chi connectivity index (χ4n) is 3.29. The van der Waals surface area contributed by atoms with Crippen molar-refractivity contribution >= 4 is 5.91 Å². The van der Waals surface area contributed by atoms with Gasteiger partial charge in [-0.25, -0.2) is 8.78 Å². The molecule has 1 heterocycles. The number of carbonyl (C=O) groups is 1. The summed E-state index contributed by atoms with van der Waals surface area (Å²) < 4.78 is 57.6. The van der Waals surface area contributed by atoms with Crippen LogP contribution in [0.1, 0.15) is 40.0 Å². The van der Waals surface area contributed by atoms with Gasteiger partial charge in [0.05, 0.1) is 11.1 Å². The monoisotopic (exact) mass is 451 g/mol. The maximum atomic E-state index is 15.0. The van der Waals surface area contributed by atoms with Crippen LogP contribution in [0.25, 0.3) is 5.69 Å². The standard InChI is InChI=1S/C21H17F4N3O4/c1-10(11-5-4-6-12(16(11)23)21(24,25)9-29)15-18(30)17(19(26)31)27-28(20(15)32)14-8-3-2-7-13(14)22/h2-8,10,29-30H,9H2,1H3,(H2,26,31). The van der Waals surface area contributed by atoms with Gasteiger partial charge in [-0.05, 0) is 23.8 Å². The van der Waals surface area contributed by atoms with E-state index in [1.807, 2.05) is 0 Å². The Balaban J connectivity index is 2.32. The molecule has 1 aromatic heterocycles. The summed E-state index contributed by atoms with van der Waals surface area (Å²) in [5.41, 5.74) is 0.741. The fraction of sp³-hybridized carbons (Fsp3) is 0.190. The Morgan fingerprint density at radius 1 is 1.19 bits per heavy atom. The summed E-state index contributed by atoms with van der Waals surface area (Å²) >= 11 is 0. The number of rotatable bonds is 6. The predicted molar refractivity (Wildman–Crippen MR) is 105 cm³/mol. The molecule has 0 aliphatic rings. The van der Waals surface area contributed by atoms with Crippen LogP contribution in [0, 0.1) is 11.6 Å². The van der Waals surface area contributed by atoms with Crippen molar-refractivity contribution in [2.45, 2.75) is 18.8 Å². The number of amides is 1. The molecule has 3 rings (SSSR count). The highest BCUT2D eigenvalue weighted by Crippen LogP contribution is 2.36. The number of para-hydroxylation sites is 1. The Hall–Kier alpha value is -3.73. The maximum absolute atomic E-state index is 15.0.